The molecule has 2 N–H and O–H groups in total. The van der Waals surface area contributed by atoms with Gasteiger partial charge in [-0.25, -0.2) is 4.98 Å². The van der Waals surface area contributed by atoms with Crippen LogP contribution in [-0.4, -0.2) is 35.3 Å². The van der Waals surface area contributed by atoms with Crippen LogP contribution in [0.3, 0.4) is 0 Å². The van der Waals surface area contributed by atoms with Gasteiger partial charge in [-0.3, -0.25) is 4.79 Å². The smallest absolute Gasteiger partial charge is 0.312 e. The molecule has 1 aliphatic carbocycles. The zero-order chi connectivity index (χ0) is 13.3. The number of hydrogen-bond donors (Lipinski definition) is 2. The van der Waals surface area contributed by atoms with E-state index in [1.807, 2.05) is 13.8 Å². The third-order valence-electron chi connectivity index (χ3n) is 3.23. The molecule has 0 saturated heterocycles. The summed E-state index contributed by atoms with van der Waals surface area (Å²) in [5.74, 6) is -1.20. The molecular formula is C12H18N2O3S. The Morgan fingerprint density at radius 2 is 2.39 bits per heavy atom. The largest absolute Gasteiger partial charge is 0.481 e. The second-order valence-electron chi connectivity index (χ2n) is 5.07. The summed E-state index contributed by atoms with van der Waals surface area (Å²) in [4.78, 5) is 16.6. The Balaban J connectivity index is 2.05. The lowest BCUT2D eigenvalue weighted by Gasteiger charge is -2.22. The van der Waals surface area contributed by atoms with Crippen molar-refractivity contribution in [3.05, 3.63) is 10.6 Å². The van der Waals surface area contributed by atoms with Crippen LogP contribution in [0.5, 0.6) is 0 Å². The molecule has 1 aromatic heterocycles. The molecule has 0 fully saturated rings. The lowest BCUT2D eigenvalue weighted by atomic mass is 10.1. The average Bonchev–Trinajstić information content (AvgIpc) is 2.85. The fourth-order valence-electron chi connectivity index (χ4n) is 1.90. The highest BCUT2D eigenvalue weighted by molar-refractivity contribution is 7.15. The summed E-state index contributed by atoms with van der Waals surface area (Å²) in [6.45, 7) is 4.62. The highest BCUT2D eigenvalue weighted by atomic mass is 32.1. The third kappa shape index (κ3) is 2.64. The molecule has 6 heteroatoms. The van der Waals surface area contributed by atoms with Gasteiger partial charge in [-0.05, 0) is 26.7 Å². The second-order valence-corrected chi connectivity index (χ2v) is 6.16. The fourth-order valence-corrected chi connectivity index (χ4v) is 2.94. The first-order valence-electron chi connectivity index (χ1n) is 5.94. The van der Waals surface area contributed by atoms with Crippen LogP contribution in [0.4, 0.5) is 5.13 Å². The predicted molar refractivity (Wildman–Crippen MR) is 70.4 cm³/mol. The third-order valence-corrected chi connectivity index (χ3v) is 4.32. The maximum absolute atomic E-state index is 11.1. The predicted octanol–water partition coefficient (Wildman–Crippen LogP) is 2.09. The molecule has 0 spiro atoms. The van der Waals surface area contributed by atoms with E-state index >= 15 is 0 Å². The molecule has 1 atom stereocenters. The van der Waals surface area contributed by atoms with Crippen LogP contribution < -0.4 is 5.32 Å². The summed E-state index contributed by atoms with van der Waals surface area (Å²) in [6.07, 6.45) is 1.49. The minimum atomic E-state index is -0.775. The molecule has 0 saturated carbocycles. The lowest BCUT2D eigenvalue weighted by molar-refractivity contribution is -0.138. The number of methoxy groups -OCH3 is 1. The van der Waals surface area contributed by atoms with E-state index < -0.39 is 11.9 Å². The van der Waals surface area contributed by atoms with Gasteiger partial charge in [0.25, 0.3) is 0 Å². The van der Waals surface area contributed by atoms with Gasteiger partial charge in [0.15, 0.2) is 5.13 Å². The van der Waals surface area contributed by atoms with Crippen LogP contribution in [0.1, 0.15) is 36.8 Å². The van der Waals surface area contributed by atoms with Gasteiger partial charge < -0.3 is 15.2 Å². The molecule has 0 radical (unpaired) electrons. The van der Waals surface area contributed by atoms with Crippen LogP contribution in [0.2, 0.25) is 0 Å². The average molecular weight is 270 g/mol. The van der Waals surface area contributed by atoms with Crippen molar-refractivity contribution in [1.82, 2.24) is 4.98 Å². The Morgan fingerprint density at radius 1 is 1.67 bits per heavy atom. The monoisotopic (exact) mass is 270 g/mol. The Hall–Kier alpha value is -1.14. The number of ether oxygens (including phenoxy) is 1. The molecule has 0 aliphatic heterocycles. The van der Waals surface area contributed by atoms with Crippen LogP contribution in [-0.2, 0) is 16.0 Å². The Labute approximate surface area is 110 Å². The van der Waals surface area contributed by atoms with E-state index in [9.17, 15) is 4.79 Å². The van der Waals surface area contributed by atoms with Gasteiger partial charge in [-0.15, -0.1) is 11.3 Å². The quantitative estimate of drug-likeness (QED) is 0.857. The SMILES string of the molecule is COC(C)(C)CNc1nc2c(s1)CCC2C(=O)O. The topological polar surface area (TPSA) is 71.5 Å². The van der Waals surface area contributed by atoms with Gasteiger partial charge in [0, 0.05) is 18.5 Å². The minimum absolute atomic E-state index is 0.262. The lowest BCUT2D eigenvalue weighted by Crippen LogP contribution is -2.32. The van der Waals surface area contributed by atoms with Gasteiger partial charge in [0.05, 0.1) is 11.3 Å². The van der Waals surface area contributed by atoms with Gasteiger partial charge >= 0.3 is 5.97 Å². The molecule has 0 amide bonds. The highest BCUT2D eigenvalue weighted by Crippen LogP contribution is 2.38. The van der Waals surface area contributed by atoms with Crippen molar-refractivity contribution in [2.45, 2.75) is 38.2 Å². The molecule has 5 nitrogen and oxygen atoms in total. The van der Waals surface area contributed by atoms with Crippen molar-refractivity contribution in [3.63, 3.8) is 0 Å². The molecular weight excluding hydrogens is 252 g/mol. The van der Waals surface area contributed by atoms with Gasteiger partial charge in [0.1, 0.15) is 5.92 Å². The number of fused-ring (bicyclic) bond motifs is 1. The molecule has 100 valence electrons. The number of nitrogens with one attached hydrogen (secondary N) is 1. The molecule has 1 unspecified atom stereocenters. The molecule has 0 bridgehead atoms. The first-order valence-corrected chi connectivity index (χ1v) is 6.76. The summed E-state index contributed by atoms with van der Waals surface area (Å²) < 4.78 is 5.32. The standard InChI is InChI=1S/C12H18N2O3S/c1-12(2,17-3)6-13-11-14-9-7(10(15)16)4-5-8(9)18-11/h7H,4-6H2,1-3H3,(H,13,14)(H,15,16). The maximum Gasteiger partial charge on any atom is 0.312 e. The van der Waals surface area contributed by atoms with Gasteiger partial charge in [0.2, 0.25) is 0 Å². The maximum atomic E-state index is 11.1. The summed E-state index contributed by atoms with van der Waals surface area (Å²) in [6, 6.07) is 0. The molecule has 2 rings (SSSR count). The summed E-state index contributed by atoms with van der Waals surface area (Å²) in [7, 11) is 1.67. The number of carboxylic acids is 1. The number of carboxylic acid groups (broad SMARTS) is 1. The Bertz CT molecular complexity index is 456. The number of thiazole rings is 1. The van der Waals surface area contributed by atoms with Gasteiger partial charge in [-0.1, -0.05) is 0 Å². The molecule has 1 heterocycles. The number of anilines is 1. The van der Waals surface area contributed by atoms with Crippen molar-refractivity contribution >= 4 is 22.4 Å². The van der Waals surface area contributed by atoms with Crippen LogP contribution in [0.15, 0.2) is 0 Å². The zero-order valence-electron chi connectivity index (χ0n) is 10.8. The van der Waals surface area contributed by atoms with E-state index in [2.05, 4.69) is 10.3 Å². The van der Waals surface area contributed by atoms with E-state index in [1.165, 1.54) is 0 Å². The Kier molecular flexibility index (Phi) is 3.59. The molecule has 18 heavy (non-hydrogen) atoms. The van der Waals surface area contributed by atoms with Crippen molar-refractivity contribution in [3.8, 4) is 0 Å². The second kappa shape index (κ2) is 4.85. The number of hydrogen-bond acceptors (Lipinski definition) is 5. The number of carbonyl (C=O) groups is 1. The van der Waals surface area contributed by atoms with Crippen LogP contribution >= 0.6 is 11.3 Å². The summed E-state index contributed by atoms with van der Waals surface area (Å²) in [5, 5.41) is 13.1. The van der Waals surface area contributed by atoms with Crippen LogP contribution in [0.25, 0.3) is 0 Å². The van der Waals surface area contributed by atoms with Crippen LogP contribution in [0, 0.1) is 0 Å². The first-order chi connectivity index (χ1) is 8.43. The molecule has 1 aromatic rings. The number of rotatable bonds is 5. The van der Waals surface area contributed by atoms with E-state index in [4.69, 9.17) is 9.84 Å². The van der Waals surface area contributed by atoms with E-state index in [0.717, 1.165) is 22.1 Å². The van der Waals surface area contributed by atoms with E-state index in [-0.39, 0.29) is 5.60 Å². The van der Waals surface area contributed by atoms with Crippen molar-refractivity contribution in [1.29, 1.82) is 0 Å². The van der Waals surface area contributed by atoms with Crippen molar-refractivity contribution in [2.75, 3.05) is 19.0 Å². The molecule has 0 aromatic carbocycles. The number of nitrogens with zero attached hydrogens (tertiary/aromatic N) is 1. The normalized spacial score (nSPS) is 18.7. The van der Waals surface area contributed by atoms with Gasteiger partial charge in [-0.2, -0.15) is 0 Å². The highest BCUT2D eigenvalue weighted by Gasteiger charge is 2.32. The van der Waals surface area contributed by atoms with E-state index in [0.29, 0.717) is 13.0 Å². The number of aromatic nitrogens is 1. The summed E-state index contributed by atoms with van der Waals surface area (Å²) >= 11 is 1.55. The summed E-state index contributed by atoms with van der Waals surface area (Å²) in [5.41, 5.74) is 0.479. The molecule has 1 aliphatic rings. The van der Waals surface area contributed by atoms with Crippen molar-refractivity contribution in [2.24, 2.45) is 0 Å². The zero-order valence-corrected chi connectivity index (χ0v) is 11.6. The fraction of sp³-hybridized carbons (Fsp3) is 0.667. The first kappa shape index (κ1) is 13.3. The van der Waals surface area contributed by atoms with Crippen molar-refractivity contribution < 1.29 is 14.6 Å². The Morgan fingerprint density at radius 3 is 3.00 bits per heavy atom. The van der Waals surface area contributed by atoms with E-state index in [1.54, 1.807) is 18.4 Å². The number of aliphatic carboxylic acids is 1. The minimum Gasteiger partial charge on any atom is -0.481 e. The number of aryl methyl sites for hydroxylation is 1.